The molecule has 3 rings (SSSR count). The molecule has 0 saturated carbocycles. The average Bonchev–Trinajstić information content (AvgIpc) is 3.10. The molecule has 0 aromatic carbocycles. The lowest BCUT2D eigenvalue weighted by Crippen LogP contribution is -2.35. The van der Waals surface area contributed by atoms with E-state index in [4.69, 9.17) is 9.90 Å². The zero-order valence-electron chi connectivity index (χ0n) is 12.3. The van der Waals surface area contributed by atoms with Crippen molar-refractivity contribution in [3.63, 3.8) is 0 Å². The zero-order chi connectivity index (χ0) is 17.2. The van der Waals surface area contributed by atoms with Gasteiger partial charge in [-0.25, -0.2) is 9.78 Å². The second-order valence-corrected chi connectivity index (χ2v) is 6.37. The number of aliphatic carboxylic acids is 1. The van der Waals surface area contributed by atoms with Gasteiger partial charge in [0.05, 0.1) is 17.2 Å². The first-order valence-corrected chi connectivity index (χ1v) is 7.80. The number of rotatable bonds is 2. The number of fused-ring (bicyclic) bond motifs is 1. The quantitative estimate of drug-likeness (QED) is 0.845. The largest absolute Gasteiger partial charge is 0.490 e. The summed E-state index contributed by atoms with van der Waals surface area (Å²) < 4.78 is 31.7. The van der Waals surface area contributed by atoms with Gasteiger partial charge in [0.1, 0.15) is 0 Å². The molecule has 1 aromatic heterocycles. The molecule has 10 heteroatoms. The van der Waals surface area contributed by atoms with E-state index >= 15 is 0 Å². The van der Waals surface area contributed by atoms with Crippen LogP contribution in [0.4, 0.5) is 13.2 Å². The zero-order valence-corrected chi connectivity index (χ0v) is 13.1. The van der Waals surface area contributed by atoms with E-state index in [9.17, 15) is 18.0 Å². The lowest BCUT2D eigenvalue weighted by Gasteiger charge is -2.22. The Morgan fingerprint density at radius 3 is 2.74 bits per heavy atom. The summed E-state index contributed by atoms with van der Waals surface area (Å²) in [5.41, 5.74) is 1.03. The molecule has 0 radical (unpaired) electrons. The molecule has 6 nitrogen and oxygen atoms in total. The Morgan fingerprint density at radius 1 is 1.57 bits per heavy atom. The molecule has 2 aliphatic rings. The maximum absolute atomic E-state index is 11.9. The molecule has 3 heterocycles. The third-order valence-corrected chi connectivity index (χ3v) is 4.49. The third kappa shape index (κ3) is 4.41. The van der Waals surface area contributed by atoms with Crippen LogP contribution >= 0.6 is 11.3 Å². The monoisotopic (exact) mass is 351 g/mol. The summed E-state index contributed by atoms with van der Waals surface area (Å²) in [5, 5.41) is 13.6. The topological polar surface area (TPSA) is 82.5 Å². The Balaban J connectivity index is 0.000000236. The first-order chi connectivity index (χ1) is 10.7. The van der Waals surface area contributed by atoms with Gasteiger partial charge in [0.2, 0.25) is 5.91 Å². The maximum atomic E-state index is 11.9. The normalized spacial score (nSPS) is 23.5. The van der Waals surface area contributed by atoms with Crippen LogP contribution < -0.4 is 5.32 Å². The Labute approximate surface area is 134 Å². The number of carbonyl (C=O) groups excluding carboxylic acids is 1. The van der Waals surface area contributed by atoms with Gasteiger partial charge in [0.25, 0.3) is 0 Å². The fraction of sp³-hybridized carbons (Fsp3) is 0.615. The molecule has 128 valence electrons. The summed E-state index contributed by atoms with van der Waals surface area (Å²) in [6, 6.07) is 0.779. The highest BCUT2D eigenvalue weighted by molar-refractivity contribution is 7.09. The van der Waals surface area contributed by atoms with Gasteiger partial charge in [-0.05, 0) is 19.9 Å². The highest BCUT2D eigenvalue weighted by Gasteiger charge is 2.42. The summed E-state index contributed by atoms with van der Waals surface area (Å²) >= 11 is 1.65. The van der Waals surface area contributed by atoms with Crippen molar-refractivity contribution in [1.29, 1.82) is 0 Å². The van der Waals surface area contributed by atoms with Crippen molar-refractivity contribution in [2.45, 2.75) is 44.6 Å². The first kappa shape index (κ1) is 17.7. The predicted octanol–water partition coefficient (Wildman–Crippen LogP) is 1.55. The Morgan fingerprint density at radius 2 is 2.22 bits per heavy atom. The van der Waals surface area contributed by atoms with E-state index in [2.05, 4.69) is 15.7 Å². The van der Waals surface area contributed by atoms with Gasteiger partial charge in [0.15, 0.2) is 0 Å². The van der Waals surface area contributed by atoms with Crippen LogP contribution in [0.2, 0.25) is 0 Å². The lowest BCUT2D eigenvalue weighted by atomic mass is 10.1. The molecule has 0 bridgehead atoms. The van der Waals surface area contributed by atoms with E-state index in [1.807, 2.05) is 11.8 Å². The molecule has 0 spiro atoms. The van der Waals surface area contributed by atoms with Gasteiger partial charge < -0.3 is 15.3 Å². The molecule has 2 fully saturated rings. The number of amides is 1. The number of alkyl halides is 3. The number of carboxylic acids is 1. The van der Waals surface area contributed by atoms with Crippen LogP contribution in [-0.4, -0.2) is 51.7 Å². The molecule has 2 N–H and O–H groups in total. The average molecular weight is 351 g/mol. The number of aromatic nitrogens is 1. The summed E-state index contributed by atoms with van der Waals surface area (Å²) in [6.07, 6.45) is -3.34. The van der Waals surface area contributed by atoms with Crippen LogP contribution in [0.5, 0.6) is 0 Å². The van der Waals surface area contributed by atoms with Crippen molar-refractivity contribution >= 4 is 23.2 Å². The van der Waals surface area contributed by atoms with E-state index in [-0.39, 0.29) is 5.91 Å². The maximum Gasteiger partial charge on any atom is 0.490 e. The van der Waals surface area contributed by atoms with Gasteiger partial charge in [0, 0.05) is 23.9 Å². The van der Waals surface area contributed by atoms with Gasteiger partial charge in [-0.15, -0.1) is 11.3 Å². The van der Waals surface area contributed by atoms with Crippen molar-refractivity contribution < 1.29 is 27.9 Å². The summed E-state index contributed by atoms with van der Waals surface area (Å²) in [5.74, 6) is -2.49. The number of likely N-dealkylation sites (tertiary alicyclic amines) is 1. The molecule has 0 aliphatic carbocycles. The van der Waals surface area contributed by atoms with Crippen LogP contribution in [0, 0.1) is 6.92 Å². The number of carbonyl (C=O) groups is 2. The van der Waals surface area contributed by atoms with Crippen molar-refractivity contribution in [3.05, 3.63) is 16.1 Å². The lowest BCUT2D eigenvalue weighted by molar-refractivity contribution is -0.192. The van der Waals surface area contributed by atoms with Crippen LogP contribution in [-0.2, 0) is 16.1 Å². The van der Waals surface area contributed by atoms with Crippen LogP contribution in [0.3, 0.4) is 0 Å². The Hall–Kier alpha value is -1.68. The summed E-state index contributed by atoms with van der Waals surface area (Å²) in [7, 11) is 0. The molecule has 1 amide bonds. The number of carboxylic acid groups (broad SMARTS) is 1. The van der Waals surface area contributed by atoms with Gasteiger partial charge >= 0.3 is 12.1 Å². The van der Waals surface area contributed by atoms with Crippen molar-refractivity contribution in [1.82, 2.24) is 15.2 Å². The number of nitrogens with one attached hydrogen (secondary N) is 1. The number of aryl methyl sites for hydroxylation is 1. The van der Waals surface area contributed by atoms with Gasteiger partial charge in [-0.2, -0.15) is 13.2 Å². The fourth-order valence-corrected chi connectivity index (χ4v) is 3.29. The molecule has 2 aliphatic heterocycles. The number of hydrogen-bond acceptors (Lipinski definition) is 5. The molecule has 23 heavy (non-hydrogen) atoms. The van der Waals surface area contributed by atoms with Crippen LogP contribution in [0.15, 0.2) is 5.38 Å². The van der Waals surface area contributed by atoms with Crippen molar-refractivity contribution in [3.8, 4) is 0 Å². The molecular formula is C13H16F3N3O3S. The molecular weight excluding hydrogens is 335 g/mol. The number of hydrogen-bond donors (Lipinski definition) is 2. The number of halogens is 3. The second-order valence-electron chi connectivity index (χ2n) is 5.30. The molecule has 0 unspecified atom stereocenters. The smallest absolute Gasteiger partial charge is 0.475 e. The van der Waals surface area contributed by atoms with E-state index in [0.29, 0.717) is 25.0 Å². The van der Waals surface area contributed by atoms with Gasteiger partial charge in [-0.3, -0.25) is 4.79 Å². The minimum Gasteiger partial charge on any atom is -0.475 e. The van der Waals surface area contributed by atoms with E-state index in [0.717, 1.165) is 23.7 Å². The Bertz CT molecular complexity index is 591. The first-order valence-electron chi connectivity index (χ1n) is 6.92. The van der Waals surface area contributed by atoms with Crippen molar-refractivity contribution in [2.75, 3.05) is 6.54 Å². The highest BCUT2D eigenvalue weighted by atomic mass is 32.1. The third-order valence-electron chi connectivity index (χ3n) is 3.67. The minimum absolute atomic E-state index is 0.271. The van der Waals surface area contributed by atoms with E-state index < -0.39 is 12.1 Å². The number of nitrogens with zero attached hydrogens (tertiary/aromatic N) is 2. The minimum atomic E-state index is -5.08. The molecule has 2 saturated heterocycles. The van der Waals surface area contributed by atoms with Crippen LogP contribution in [0.1, 0.15) is 23.5 Å². The fourth-order valence-electron chi connectivity index (χ4n) is 2.69. The summed E-state index contributed by atoms with van der Waals surface area (Å²) in [6.45, 7) is 3.72. The van der Waals surface area contributed by atoms with Crippen molar-refractivity contribution in [2.24, 2.45) is 0 Å². The standard InChI is InChI=1S/C11H15N3OS.C2HF3O2/c1-7-13-8(6-16-7)5-14-10-2-3-12-9(10)4-11(14)15;3-2(4,5)1(6)7/h6,9-10,12H,2-5H2,1H3;(H,6,7)/t9-,10+;/m1./s1. The number of thiazole rings is 1. The van der Waals surface area contributed by atoms with E-state index in [1.165, 1.54) is 0 Å². The predicted molar refractivity (Wildman–Crippen MR) is 75.9 cm³/mol. The van der Waals surface area contributed by atoms with Gasteiger partial charge in [-0.1, -0.05) is 0 Å². The SMILES string of the molecule is Cc1nc(CN2C(=O)C[C@H]3NCC[C@@H]32)cs1.O=C(O)C(F)(F)F. The summed E-state index contributed by atoms with van der Waals surface area (Å²) in [4.78, 5) is 27.2. The molecule has 2 atom stereocenters. The molecule has 1 aromatic rings. The van der Waals surface area contributed by atoms with Crippen LogP contribution in [0.25, 0.3) is 0 Å². The second kappa shape index (κ2) is 6.83. The highest BCUT2D eigenvalue weighted by Crippen LogP contribution is 2.27. The van der Waals surface area contributed by atoms with E-state index in [1.54, 1.807) is 11.3 Å². The Kier molecular flexibility index (Phi) is 5.25.